The Bertz CT molecular complexity index is 974. The molecule has 0 saturated carbocycles. The van der Waals surface area contributed by atoms with E-state index in [1.54, 1.807) is 4.68 Å². The molecule has 7 nitrogen and oxygen atoms in total. The van der Waals surface area contributed by atoms with Crippen LogP contribution in [0.25, 0.3) is 0 Å². The van der Waals surface area contributed by atoms with Crippen LogP contribution in [0.4, 0.5) is 4.39 Å². The predicted molar refractivity (Wildman–Crippen MR) is 86.1 cm³/mol. The maximum absolute atomic E-state index is 13.3. The van der Waals surface area contributed by atoms with Crippen molar-refractivity contribution in [2.24, 2.45) is 0 Å². The van der Waals surface area contributed by atoms with Crippen LogP contribution in [0.2, 0.25) is 0 Å². The van der Waals surface area contributed by atoms with Crippen molar-refractivity contribution in [2.45, 2.75) is 20.4 Å². The van der Waals surface area contributed by atoms with Crippen molar-refractivity contribution in [1.82, 2.24) is 19.6 Å². The van der Waals surface area contributed by atoms with Crippen molar-refractivity contribution in [3.63, 3.8) is 0 Å². The first-order valence-electron chi connectivity index (χ1n) is 7.47. The van der Waals surface area contributed by atoms with Gasteiger partial charge in [-0.2, -0.15) is 10.2 Å². The molecular formula is C17H15FN4O3. The van der Waals surface area contributed by atoms with Gasteiger partial charge in [0.15, 0.2) is 5.78 Å². The summed E-state index contributed by atoms with van der Waals surface area (Å²) in [5.41, 5.74) is 1.51. The van der Waals surface area contributed by atoms with Crippen molar-refractivity contribution in [1.29, 1.82) is 0 Å². The van der Waals surface area contributed by atoms with Crippen LogP contribution in [0.5, 0.6) is 5.75 Å². The van der Waals surface area contributed by atoms with E-state index in [-0.39, 0.29) is 29.3 Å². The van der Waals surface area contributed by atoms with Crippen molar-refractivity contribution in [3.05, 3.63) is 65.0 Å². The third-order valence-corrected chi connectivity index (χ3v) is 3.69. The number of hydrogen-bond acceptors (Lipinski definition) is 5. The fourth-order valence-corrected chi connectivity index (χ4v) is 2.46. The van der Waals surface area contributed by atoms with Gasteiger partial charge >= 0.3 is 0 Å². The highest BCUT2D eigenvalue weighted by Gasteiger charge is 2.18. The number of hydrogen-bond donors (Lipinski definition) is 1. The largest absolute Gasteiger partial charge is 0.507 e. The van der Waals surface area contributed by atoms with E-state index in [9.17, 15) is 19.1 Å². The van der Waals surface area contributed by atoms with Crippen LogP contribution < -0.4 is 0 Å². The first-order chi connectivity index (χ1) is 11.8. The lowest BCUT2D eigenvalue weighted by atomic mass is 10.1. The molecule has 0 saturated heterocycles. The number of carbonyl (C=O) groups is 2. The molecule has 0 radical (unpaired) electrons. The second kappa shape index (κ2) is 6.31. The van der Waals surface area contributed by atoms with Gasteiger partial charge in [-0.15, -0.1) is 0 Å². The second-order valence-electron chi connectivity index (χ2n) is 5.64. The molecule has 0 spiro atoms. The van der Waals surface area contributed by atoms with E-state index in [4.69, 9.17) is 0 Å². The average molecular weight is 342 g/mol. The van der Waals surface area contributed by atoms with Gasteiger partial charge in [0, 0.05) is 11.9 Å². The number of aryl methyl sites for hydroxylation is 2. The third-order valence-electron chi connectivity index (χ3n) is 3.69. The molecule has 3 rings (SSSR count). The van der Waals surface area contributed by atoms with E-state index >= 15 is 0 Å². The van der Waals surface area contributed by atoms with Gasteiger partial charge in [-0.05, 0) is 38.1 Å². The van der Waals surface area contributed by atoms with Crippen molar-refractivity contribution < 1.29 is 19.1 Å². The number of benzene rings is 1. The van der Waals surface area contributed by atoms with Crippen molar-refractivity contribution >= 4 is 11.7 Å². The molecule has 0 bridgehead atoms. The fourth-order valence-electron chi connectivity index (χ4n) is 2.46. The van der Waals surface area contributed by atoms with Crippen LogP contribution >= 0.6 is 0 Å². The van der Waals surface area contributed by atoms with Gasteiger partial charge in [0.25, 0.3) is 5.91 Å². The normalized spacial score (nSPS) is 10.8. The van der Waals surface area contributed by atoms with Gasteiger partial charge in [0.05, 0.1) is 23.0 Å². The summed E-state index contributed by atoms with van der Waals surface area (Å²) < 4.78 is 15.9. The topological polar surface area (TPSA) is 90.0 Å². The highest BCUT2D eigenvalue weighted by molar-refractivity contribution is 6.10. The number of nitrogens with zero attached hydrogens (tertiary/aromatic N) is 4. The molecule has 2 aromatic heterocycles. The number of ketones is 1. The Kier molecular flexibility index (Phi) is 4.18. The zero-order chi connectivity index (χ0) is 18.1. The quantitative estimate of drug-likeness (QED) is 0.734. The summed E-state index contributed by atoms with van der Waals surface area (Å²) in [6.07, 6.45) is 2.45. The SMILES string of the molecule is Cc1cc(C)n(CC(=O)n2cc(C(=O)c3cc(F)ccc3O)cn2)n1. The van der Waals surface area contributed by atoms with Crippen molar-refractivity contribution in [3.8, 4) is 5.75 Å². The van der Waals surface area contributed by atoms with Gasteiger partial charge in [-0.25, -0.2) is 9.07 Å². The number of aromatic hydroxyl groups is 1. The molecule has 25 heavy (non-hydrogen) atoms. The fraction of sp³-hybridized carbons (Fsp3) is 0.176. The molecule has 0 aliphatic carbocycles. The van der Waals surface area contributed by atoms with Crippen LogP contribution in [0.15, 0.2) is 36.7 Å². The monoisotopic (exact) mass is 342 g/mol. The summed E-state index contributed by atoms with van der Waals surface area (Å²) in [5, 5.41) is 17.8. The molecule has 0 unspecified atom stereocenters. The molecule has 3 aromatic rings. The lowest BCUT2D eigenvalue weighted by Crippen LogP contribution is -2.20. The van der Waals surface area contributed by atoms with E-state index in [0.717, 1.165) is 34.3 Å². The maximum Gasteiger partial charge on any atom is 0.268 e. The Balaban J connectivity index is 1.82. The number of rotatable bonds is 4. The molecular weight excluding hydrogens is 327 g/mol. The average Bonchev–Trinajstić information content (AvgIpc) is 3.16. The van der Waals surface area contributed by atoms with Crippen LogP contribution in [0.1, 0.15) is 32.1 Å². The van der Waals surface area contributed by atoms with E-state index in [1.807, 2.05) is 19.9 Å². The Morgan fingerprint density at radius 1 is 1.24 bits per heavy atom. The number of carbonyl (C=O) groups excluding carboxylic acids is 2. The van der Waals surface area contributed by atoms with Gasteiger partial charge < -0.3 is 5.11 Å². The van der Waals surface area contributed by atoms with E-state index < -0.39 is 11.6 Å². The minimum absolute atomic E-state index is 0.0276. The van der Waals surface area contributed by atoms with Crippen molar-refractivity contribution in [2.75, 3.05) is 0 Å². The summed E-state index contributed by atoms with van der Waals surface area (Å²) >= 11 is 0. The third kappa shape index (κ3) is 3.32. The highest BCUT2D eigenvalue weighted by atomic mass is 19.1. The summed E-state index contributed by atoms with van der Waals surface area (Å²) in [6, 6.07) is 4.93. The molecule has 0 aliphatic rings. The second-order valence-corrected chi connectivity index (χ2v) is 5.64. The first-order valence-corrected chi connectivity index (χ1v) is 7.47. The molecule has 0 fully saturated rings. The van der Waals surface area contributed by atoms with Gasteiger partial charge in [-0.1, -0.05) is 0 Å². The van der Waals surface area contributed by atoms with Gasteiger partial charge in [0.1, 0.15) is 18.1 Å². The Morgan fingerprint density at radius 3 is 2.68 bits per heavy atom. The minimum atomic E-state index is -0.644. The molecule has 1 N–H and O–H groups in total. The summed E-state index contributed by atoms with van der Waals surface area (Å²) in [5.74, 6) is -1.99. The molecule has 1 aromatic carbocycles. The lowest BCUT2D eigenvalue weighted by molar-refractivity contribution is 0.0869. The van der Waals surface area contributed by atoms with Crippen LogP contribution in [0.3, 0.4) is 0 Å². The van der Waals surface area contributed by atoms with E-state index in [1.165, 1.54) is 12.4 Å². The van der Waals surface area contributed by atoms with E-state index in [0.29, 0.717) is 0 Å². The molecule has 0 atom stereocenters. The van der Waals surface area contributed by atoms with E-state index in [2.05, 4.69) is 10.2 Å². The Labute approximate surface area is 142 Å². The number of halogens is 1. The molecule has 0 amide bonds. The highest BCUT2D eigenvalue weighted by Crippen LogP contribution is 2.21. The lowest BCUT2D eigenvalue weighted by Gasteiger charge is -2.03. The summed E-state index contributed by atoms with van der Waals surface area (Å²) in [7, 11) is 0. The number of phenolic OH excluding ortho intramolecular Hbond substituents is 1. The van der Waals surface area contributed by atoms with Crippen LogP contribution in [-0.2, 0) is 6.54 Å². The smallest absolute Gasteiger partial charge is 0.268 e. The van der Waals surface area contributed by atoms with Crippen LogP contribution in [-0.4, -0.2) is 36.4 Å². The van der Waals surface area contributed by atoms with Crippen LogP contribution in [0, 0.1) is 19.7 Å². The molecule has 0 aliphatic heterocycles. The zero-order valence-corrected chi connectivity index (χ0v) is 13.6. The first kappa shape index (κ1) is 16.6. The minimum Gasteiger partial charge on any atom is -0.507 e. The van der Waals surface area contributed by atoms with Gasteiger partial charge in [0.2, 0.25) is 0 Å². The molecule has 2 heterocycles. The summed E-state index contributed by atoms with van der Waals surface area (Å²) in [4.78, 5) is 24.7. The Hall–Kier alpha value is -3.29. The molecule has 128 valence electrons. The Morgan fingerprint density at radius 2 is 2.00 bits per heavy atom. The maximum atomic E-state index is 13.3. The van der Waals surface area contributed by atoms with Gasteiger partial charge in [-0.3, -0.25) is 14.3 Å². The predicted octanol–water partition coefficient (Wildman–Crippen LogP) is 2.11. The number of phenols is 1. The zero-order valence-electron chi connectivity index (χ0n) is 13.6. The summed E-state index contributed by atoms with van der Waals surface area (Å²) in [6.45, 7) is 3.63. The standard InChI is InChI=1S/C17H15FN4O3/c1-10-5-11(2)21(20-10)9-16(24)22-8-12(7-19-22)17(25)14-6-13(18)3-4-15(14)23/h3-8,23H,9H2,1-2H3. The molecule has 8 heteroatoms. The number of aromatic nitrogens is 4.